The van der Waals surface area contributed by atoms with Gasteiger partial charge in [0.05, 0.1) is 0 Å². The molecule has 1 aliphatic rings. The number of para-hydroxylation sites is 2. The maximum Gasteiger partial charge on any atom is 0.0462 e. The highest BCUT2D eigenvalue weighted by Gasteiger charge is 2.42. The molecule has 0 amide bonds. The highest BCUT2D eigenvalue weighted by atomic mass is 15.1. The van der Waals surface area contributed by atoms with Crippen LogP contribution in [0.3, 0.4) is 0 Å². The van der Waals surface area contributed by atoms with Crippen LogP contribution in [0, 0.1) is 0 Å². The Labute approximate surface area is 319 Å². The smallest absolute Gasteiger partial charge is 0.0462 e. The van der Waals surface area contributed by atoms with E-state index < -0.39 is 0 Å². The molecule has 8 aromatic carbocycles. The molecule has 1 nitrogen and oxygen atoms in total. The van der Waals surface area contributed by atoms with Crippen LogP contribution >= 0.6 is 0 Å². The van der Waals surface area contributed by atoms with Gasteiger partial charge in [0.1, 0.15) is 0 Å². The molecule has 0 fully saturated rings. The Bertz CT molecular complexity index is 2480. The van der Waals surface area contributed by atoms with E-state index in [1.54, 1.807) is 0 Å². The van der Waals surface area contributed by atoms with E-state index in [0.29, 0.717) is 0 Å². The molecule has 0 radical (unpaired) electrons. The van der Waals surface area contributed by atoms with Gasteiger partial charge in [-0.3, -0.25) is 0 Å². The first-order chi connectivity index (χ1) is 26.7. The van der Waals surface area contributed by atoms with Gasteiger partial charge in [0.25, 0.3) is 0 Å². The SMILES string of the molecule is CCC1(CC)c2cc(-c3ccccc3)c(-c3ccccc3)cc2-c2cc(-c3ccccc3)c(-c3ccc(N(c4ccccc4)c4ccccc4)cc3)cc21. The van der Waals surface area contributed by atoms with Crippen molar-refractivity contribution in [3.05, 3.63) is 211 Å². The van der Waals surface area contributed by atoms with E-state index in [9.17, 15) is 0 Å². The fraction of sp³-hybridized carbons (Fsp3) is 0.0943. The fourth-order valence-corrected chi connectivity index (χ4v) is 8.79. The van der Waals surface area contributed by atoms with Crippen molar-refractivity contribution >= 4 is 17.1 Å². The lowest BCUT2D eigenvalue weighted by Crippen LogP contribution is -2.23. The lowest BCUT2D eigenvalue weighted by Gasteiger charge is -2.31. The normalized spacial score (nSPS) is 12.6. The van der Waals surface area contributed by atoms with E-state index in [1.165, 1.54) is 66.8 Å². The highest BCUT2D eigenvalue weighted by molar-refractivity contribution is 5.97. The van der Waals surface area contributed by atoms with Crippen LogP contribution in [0.1, 0.15) is 37.8 Å². The van der Waals surface area contributed by atoms with Crippen LogP contribution in [-0.4, -0.2) is 0 Å². The van der Waals surface area contributed by atoms with Gasteiger partial charge in [-0.1, -0.05) is 153 Å². The first-order valence-electron chi connectivity index (χ1n) is 19.2. The summed E-state index contributed by atoms with van der Waals surface area (Å²) in [5.74, 6) is 0. The van der Waals surface area contributed by atoms with Gasteiger partial charge >= 0.3 is 0 Å². The Morgan fingerprint density at radius 2 is 0.611 bits per heavy atom. The molecule has 1 aliphatic carbocycles. The monoisotopic (exact) mass is 693 g/mol. The molecule has 9 rings (SSSR count). The molecule has 8 aromatic rings. The second kappa shape index (κ2) is 14.2. The largest absolute Gasteiger partial charge is 0.311 e. The van der Waals surface area contributed by atoms with Crippen molar-refractivity contribution in [1.82, 2.24) is 0 Å². The molecule has 0 bridgehead atoms. The third-order valence-electron chi connectivity index (χ3n) is 11.6. The summed E-state index contributed by atoms with van der Waals surface area (Å²) in [5, 5.41) is 0. The van der Waals surface area contributed by atoms with Crippen molar-refractivity contribution in [2.24, 2.45) is 0 Å². The second-order valence-corrected chi connectivity index (χ2v) is 14.3. The van der Waals surface area contributed by atoms with Gasteiger partial charge < -0.3 is 4.90 Å². The summed E-state index contributed by atoms with van der Waals surface area (Å²) in [5.41, 5.74) is 18.9. The van der Waals surface area contributed by atoms with Gasteiger partial charge in [0.2, 0.25) is 0 Å². The minimum atomic E-state index is -0.106. The van der Waals surface area contributed by atoms with Crippen molar-refractivity contribution in [2.75, 3.05) is 4.90 Å². The molecule has 0 saturated carbocycles. The quantitative estimate of drug-likeness (QED) is 0.145. The van der Waals surface area contributed by atoms with Crippen LogP contribution in [0.15, 0.2) is 200 Å². The van der Waals surface area contributed by atoms with Gasteiger partial charge in [0, 0.05) is 22.5 Å². The lowest BCUT2D eigenvalue weighted by molar-refractivity contribution is 0.491. The number of hydrogen-bond donors (Lipinski definition) is 0. The molecular weight excluding hydrogens is 651 g/mol. The summed E-state index contributed by atoms with van der Waals surface area (Å²) in [6.45, 7) is 4.74. The fourth-order valence-electron chi connectivity index (χ4n) is 8.79. The zero-order chi connectivity index (χ0) is 36.5. The minimum absolute atomic E-state index is 0.106. The van der Waals surface area contributed by atoms with Crippen molar-refractivity contribution < 1.29 is 0 Å². The van der Waals surface area contributed by atoms with Gasteiger partial charge in [-0.15, -0.1) is 0 Å². The van der Waals surface area contributed by atoms with Crippen LogP contribution in [0.4, 0.5) is 17.1 Å². The first-order valence-corrected chi connectivity index (χ1v) is 19.2. The Balaban J connectivity index is 1.25. The maximum absolute atomic E-state index is 2.54. The van der Waals surface area contributed by atoms with E-state index in [2.05, 4.69) is 219 Å². The van der Waals surface area contributed by atoms with E-state index in [-0.39, 0.29) is 5.41 Å². The molecule has 0 N–H and O–H groups in total. The van der Waals surface area contributed by atoms with Crippen LogP contribution in [0.2, 0.25) is 0 Å². The predicted octanol–water partition coefficient (Wildman–Crippen LogP) is 14.9. The molecule has 0 heterocycles. The van der Waals surface area contributed by atoms with Gasteiger partial charge in [-0.05, 0) is 140 Å². The summed E-state index contributed by atoms with van der Waals surface area (Å²) < 4.78 is 0. The summed E-state index contributed by atoms with van der Waals surface area (Å²) >= 11 is 0. The first kappa shape index (κ1) is 33.4. The average Bonchev–Trinajstić information content (AvgIpc) is 3.52. The number of anilines is 3. The summed E-state index contributed by atoms with van der Waals surface area (Å²) in [6.07, 6.45) is 2.04. The number of hydrogen-bond acceptors (Lipinski definition) is 1. The molecule has 0 saturated heterocycles. The van der Waals surface area contributed by atoms with Gasteiger partial charge in [-0.2, -0.15) is 0 Å². The van der Waals surface area contributed by atoms with E-state index in [1.807, 2.05) is 0 Å². The topological polar surface area (TPSA) is 3.24 Å². The minimum Gasteiger partial charge on any atom is -0.311 e. The molecule has 0 atom stereocenters. The molecule has 260 valence electrons. The highest BCUT2D eigenvalue weighted by Crippen LogP contribution is 2.57. The Morgan fingerprint density at radius 3 is 0.963 bits per heavy atom. The number of rotatable bonds is 9. The van der Waals surface area contributed by atoms with E-state index >= 15 is 0 Å². The third-order valence-corrected chi connectivity index (χ3v) is 11.6. The molecule has 1 heteroatoms. The third kappa shape index (κ3) is 5.74. The summed E-state index contributed by atoms with van der Waals surface area (Å²) in [7, 11) is 0. The zero-order valence-corrected chi connectivity index (χ0v) is 30.9. The summed E-state index contributed by atoms with van der Waals surface area (Å²) in [4.78, 5) is 2.33. The molecule has 0 spiro atoms. The number of nitrogens with zero attached hydrogens (tertiary/aromatic N) is 1. The van der Waals surface area contributed by atoms with Crippen LogP contribution in [-0.2, 0) is 5.41 Å². The Morgan fingerprint density at radius 1 is 0.315 bits per heavy atom. The molecule has 0 aromatic heterocycles. The van der Waals surface area contributed by atoms with Crippen molar-refractivity contribution in [2.45, 2.75) is 32.1 Å². The molecule has 0 unspecified atom stereocenters. The predicted molar refractivity (Wildman–Crippen MR) is 230 cm³/mol. The lowest BCUT2D eigenvalue weighted by atomic mass is 9.72. The van der Waals surface area contributed by atoms with E-state index in [0.717, 1.165) is 29.9 Å². The van der Waals surface area contributed by atoms with Gasteiger partial charge in [0.15, 0.2) is 0 Å². The van der Waals surface area contributed by atoms with Crippen molar-refractivity contribution in [1.29, 1.82) is 0 Å². The Kier molecular flexibility index (Phi) is 8.77. The standard InChI is InChI=1S/C53H43N/c1-3-53(4-2)51-36-47(40-24-14-7-15-25-40)45(38-20-10-5-11-21-38)34-49(51)50-35-46(39-22-12-6-13-23-39)48(37-52(50)53)41-30-32-44(33-31-41)54(42-26-16-8-17-27-42)43-28-18-9-19-29-43/h5-37H,3-4H2,1-2H3. The zero-order valence-electron chi connectivity index (χ0n) is 30.9. The Hall–Kier alpha value is -6.44. The van der Waals surface area contributed by atoms with Gasteiger partial charge in [-0.25, -0.2) is 0 Å². The van der Waals surface area contributed by atoms with Crippen molar-refractivity contribution in [3.63, 3.8) is 0 Å². The number of fused-ring (bicyclic) bond motifs is 3. The van der Waals surface area contributed by atoms with Crippen molar-refractivity contribution in [3.8, 4) is 55.6 Å². The number of benzene rings is 8. The van der Waals surface area contributed by atoms with Crippen LogP contribution in [0.25, 0.3) is 55.6 Å². The molecule has 54 heavy (non-hydrogen) atoms. The average molecular weight is 694 g/mol. The summed E-state index contributed by atoms with van der Waals surface area (Å²) in [6, 6.07) is 73.2. The second-order valence-electron chi connectivity index (χ2n) is 14.3. The molecular formula is C53H43N. The van der Waals surface area contributed by atoms with E-state index in [4.69, 9.17) is 0 Å². The van der Waals surface area contributed by atoms with Crippen LogP contribution in [0.5, 0.6) is 0 Å². The molecule has 0 aliphatic heterocycles. The maximum atomic E-state index is 2.54. The van der Waals surface area contributed by atoms with Crippen LogP contribution < -0.4 is 4.90 Å².